The second kappa shape index (κ2) is 6.67. The molecule has 0 amide bonds. The minimum absolute atomic E-state index is 0.0896. The molecule has 1 heterocycles. The fourth-order valence-electron chi connectivity index (χ4n) is 2.42. The Labute approximate surface area is 117 Å². The third-order valence-electron chi connectivity index (χ3n) is 3.69. The van der Waals surface area contributed by atoms with Crippen molar-refractivity contribution in [2.75, 3.05) is 20.3 Å². The van der Waals surface area contributed by atoms with Gasteiger partial charge in [0, 0.05) is 36.9 Å². The van der Waals surface area contributed by atoms with Crippen molar-refractivity contribution in [2.24, 2.45) is 10.9 Å². The van der Waals surface area contributed by atoms with E-state index in [1.165, 1.54) is 6.07 Å². The summed E-state index contributed by atoms with van der Waals surface area (Å²) in [5.41, 5.74) is 6.42. The van der Waals surface area contributed by atoms with Gasteiger partial charge in [0.05, 0.1) is 0 Å². The molecule has 3 N–H and O–H groups in total. The van der Waals surface area contributed by atoms with E-state index in [1.807, 2.05) is 7.05 Å². The molecule has 0 unspecified atom stereocenters. The molecule has 2 rings (SSSR count). The molecule has 0 bridgehead atoms. The molecule has 0 saturated carbocycles. The average Bonchev–Trinajstić information content (AvgIpc) is 2.49. The van der Waals surface area contributed by atoms with Crippen LogP contribution in [-0.4, -0.2) is 42.2 Å². The maximum absolute atomic E-state index is 14.0. The van der Waals surface area contributed by atoms with Crippen LogP contribution in [0, 0.1) is 5.82 Å². The van der Waals surface area contributed by atoms with Gasteiger partial charge in [0.1, 0.15) is 5.82 Å². The molecule has 6 heteroatoms. The normalized spacial score (nSPS) is 17.6. The van der Waals surface area contributed by atoms with Crippen LogP contribution in [-0.2, 0) is 11.3 Å². The lowest BCUT2D eigenvalue weighted by atomic mass is 10.1. The minimum atomic E-state index is -0.340. The first-order chi connectivity index (χ1) is 9.61. The van der Waals surface area contributed by atoms with E-state index in [1.54, 1.807) is 12.1 Å². The number of benzene rings is 1. The fourth-order valence-corrected chi connectivity index (χ4v) is 2.42. The van der Waals surface area contributed by atoms with E-state index >= 15 is 0 Å². The number of rotatable bonds is 4. The quantitative estimate of drug-likeness (QED) is 0.380. The predicted molar refractivity (Wildman–Crippen MR) is 74.2 cm³/mol. The van der Waals surface area contributed by atoms with Gasteiger partial charge in [0.15, 0.2) is 5.84 Å². The zero-order chi connectivity index (χ0) is 14.5. The van der Waals surface area contributed by atoms with Crippen LogP contribution in [0.4, 0.5) is 4.39 Å². The van der Waals surface area contributed by atoms with Gasteiger partial charge in [0.2, 0.25) is 0 Å². The van der Waals surface area contributed by atoms with Crippen LogP contribution in [0.1, 0.15) is 24.0 Å². The van der Waals surface area contributed by atoms with Crippen molar-refractivity contribution < 1.29 is 14.3 Å². The van der Waals surface area contributed by atoms with E-state index < -0.39 is 0 Å². The number of oxime groups is 1. The Morgan fingerprint density at radius 2 is 2.20 bits per heavy atom. The van der Waals surface area contributed by atoms with E-state index in [0.29, 0.717) is 23.7 Å². The molecule has 0 spiro atoms. The topological polar surface area (TPSA) is 71.1 Å². The van der Waals surface area contributed by atoms with Gasteiger partial charge >= 0.3 is 0 Å². The number of amidine groups is 1. The lowest BCUT2D eigenvalue weighted by Gasteiger charge is -2.31. The van der Waals surface area contributed by atoms with E-state index in [9.17, 15) is 4.39 Å². The number of ether oxygens (including phenoxy) is 1. The minimum Gasteiger partial charge on any atom is -0.409 e. The highest BCUT2D eigenvalue weighted by atomic mass is 19.1. The van der Waals surface area contributed by atoms with Crippen molar-refractivity contribution in [1.29, 1.82) is 0 Å². The van der Waals surface area contributed by atoms with E-state index in [2.05, 4.69) is 10.1 Å². The van der Waals surface area contributed by atoms with Crippen LogP contribution in [0.2, 0.25) is 0 Å². The first kappa shape index (κ1) is 14.7. The zero-order valence-electron chi connectivity index (χ0n) is 11.6. The summed E-state index contributed by atoms with van der Waals surface area (Å²) in [4.78, 5) is 2.14. The van der Waals surface area contributed by atoms with Gasteiger partial charge in [-0.15, -0.1) is 0 Å². The molecule has 1 fully saturated rings. The summed E-state index contributed by atoms with van der Waals surface area (Å²) < 4.78 is 19.4. The van der Waals surface area contributed by atoms with Gasteiger partial charge < -0.3 is 15.7 Å². The molecule has 110 valence electrons. The molecule has 1 saturated heterocycles. The summed E-state index contributed by atoms with van der Waals surface area (Å²) in [6.45, 7) is 2.06. The van der Waals surface area contributed by atoms with Crippen molar-refractivity contribution in [3.63, 3.8) is 0 Å². The van der Waals surface area contributed by atoms with Crippen molar-refractivity contribution in [2.45, 2.75) is 25.4 Å². The summed E-state index contributed by atoms with van der Waals surface area (Å²) in [7, 11) is 1.99. The lowest BCUT2D eigenvalue weighted by Crippen LogP contribution is -2.36. The summed E-state index contributed by atoms with van der Waals surface area (Å²) >= 11 is 0. The van der Waals surface area contributed by atoms with Gasteiger partial charge in [-0.1, -0.05) is 17.3 Å². The molecule has 0 aliphatic carbocycles. The van der Waals surface area contributed by atoms with Crippen molar-refractivity contribution in [3.8, 4) is 0 Å². The standard InChI is InChI=1S/C14H20FN3O2/c1-18(12-4-6-20-7-5-12)9-11-3-2-10(8-13(11)15)14(16)17-19/h2-3,8,12,19H,4-7,9H2,1H3,(H2,16,17). The van der Waals surface area contributed by atoms with Crippen molar-refractivity contribution >= 4 is 5.84 Å². The monoisotopic (exact) mass is 281 g/mol. The molecule has 0 aromatic heterocycles. The summed E-state index contributed by atoms with van der Waals surface area (Å²) in [5.74, 6) is -0.429. The van der Waals surface area contributed by atoms with Crippen LogP contribution in [0.5, 0.6) is 0 Å². The maximum Gasteiger partial charge on any atom is 0.170 e. The van der Waals surface area contributed by atoms with Gasteiger partial charge in [-0.25, -0.2) is 4.39 Å². The smallest absolute Gasteiger partial charge is 0.170 e. The van der Waals surface area contributed by atoms with E-state index in [-0.39, 0.29) is 11.7 Å². The van der Waals surface area contributed by atoms with E-state index in [4.69, 9.17) is 15.7 Å². The van der Waals surface area contributed by atoms with Crippen molar-refractivity contribution in [1.82, 2.24) is 4.90 Å². The molecule has 5 nitrogen and oxygen atoms in total. The Morgan fingerprint density at radius 1 is 1.50 bits per heavy atom. The van der Waals surface area contributed by atoms with Crippen LogP contribution in [0.25, 0.3) is 0 Å². The molecular weight excluding hydrogens is 261 g/mol. The van der Waals surface area contributed by atoms with Crippen LogP contribution in [0.3, 0.4) is 0 Å². The van der Waals surface area contributed by atoms with Crippen molar-refractivity contribution in [3.05, 3.63) is 35.1 Å². The Balaban J connectivity index is 2.05. The highest BCUT2D eigenvalue weighted by Gasteiger charge is 2.19. The first-order valence-electron chi connectivity index (χ1n) is 6.66. The molecule has 1 aromatic rings. The largest absolute Gasteiger partial charge is 0.409 e. The van der Waals surface area contributed by atoms with Gasteiger partial charge in [0.25, 0.3) is 0 Å². The second-order valence-electron chi connectivity index (χ2n) is 5.05. The molecule has 1 aliphatic heterocycles. The Kier molecular flexibility index (Phi) is 4.92. The molecule has 0 atom stereocenters. The van der Waals surface area contributed by atoms with Crippen LogP contribution < -0.4 is 5.73 Å². The third-order valence-corrected chi connectivity index (χ3v) is 3.69. The summed E-state index contributed by atoms with van der Waals surface area (Å²) in [6.07, 6.45) is 1.95. The number of nitrogens with zero attached hydrogens (tertiary/aromatic N) is 2. The molecule has 1 aliphatic rings. The van der Waals surface area contributed by atoms with Crippen LogP contribution >= 0.6 is 0 Å². The van der Waals surface area contributed by atoms with Gasteiger partial charge in [-0.2, -0.15) is 0 Å². The SMILES string of the molecule is CN(Cc1ccc(/C(N)=N/O)cc1F)C1CCOCC1. The number of hydrogen-bond donors (Lipinski definition) is 2. The first-order valence-corrected chi connectivity index (χ1v) is 6.66. The fraction of sp³-hybridized carbons (Fsp3) is 0.500. The third kappa shape index (κ3) is 3.46. The number of hydrogen-bond acceptors (Lipinski definition) is 4. The Morgan fingerprint density at radius 3 is 2.80 bits per heavy atom. The number of halogens is 1. The average molecular weight is 281 g/mol. The van der Waals surface area contributed by atoms with Gasteiger partial charge in [-0.3, -0.25) is 4.90 Å². The molecule has 0 radical (unpaired) electrons. The second-order valence-corrected chi connectivity index (χ2v) is 5.05. The molecule has 20 heavy (non-hydrogen) atoms. The number of nitrogens with two attached hydrogens (primary N) is 1. The van der Waals surface area contributed by atoms with Gasteiger partial charge in [-0.05, 0) is 26.0 Å². The maximum atomic E-state index is 14.0. The predicted octanol–water partition coefficient (Wildman–Crippen LogP) is 1.53. The lowest BCUT2D eigenvalue weighted by molar-refractivity contribution is 0.0404. The Bertz CT molecular complexity index is 487. The highest BCUT2D eigenvalue weighted by Crippen LogP contribution is 2.18. The molecule has 1 aromatic carbocycles. The highest BCUT2D eigenvalue weighted by molar-refractivity contribution is 5.97. The van der Waals surface area contributed by atoms with Crippen LogP contribution in [0.15, 0.2) is 23.4 Å². The zero-order valence-corrected chi connectivity index (χ0v) is 11.6. The van der Waals surface area contributed by atoms with E-state index in [0.717, 1.165) is 26.1 Å². The Hall–Kier alpha value is -1.66. The summed E-state index contributed by atoms with van der Waals surface area (Å²) in [5, 5.41) is 11.5. The summed E-state index contributed by atoms with van der Waals surface area (Å²) in [6, 6.07) is 5.05. The molecular formula is C14H20FN3O2.